The second-order valence-corrected chi connectivity index (χ2v) is 9.77. The molecule has 1 fully saturated rings. The van der Waals surface area contributed by atoms with Gasteiger partial charge in [0.1, 0.15) is 5.75 Å². The number of urea groups is 1. The number of pyridine rings is 1. The molecular weight excluding hydrogens is 450 g/mol. The second kappa shape index (κ2) is 10.6. The van der Waals surface area contributed by atoms with E-state index in [2.05, 4.69) is 27.4 Å². The summed E-state index contributed by atoms with van der Waals surface area (Å²) < 4.78 is 6.22. The minimum atomic E-state index is -0.195. The molecule has 178 valence electrons. The van der Waals surface area contributed by atoms with Crippen molar-refractivity contribution in [1.29, 1.82) is 0 Å². The summed E-state index contributed by atoms with van der Waals surface area (Å²) in [5, 5.41) is 3.39. The maximum absolute atomic E-state index is 12.6. The van der Waals surface area contributed by atoms with E-state index in [1.165, 1.54) is 16.9 Å². The maximum Gasteiger partial charge on any atom is 0.320 e. The SMILES string of the molecule is Cc1cnc(NC(=O)Cc2cc(O[C@@H](C)Cc3ccccc3)cc(CN3CCN(C)C3=O)n2)s1. The number of carbonyl (C=O) groups excluding carboxylic acids is 2. The zero-order valence-electron chi connectivity index (χ0n) is 19.7. The second-order valence-electron chi connectivity index (χ2n) is 8.53. The first-order valence-corrected chi connectivity index (χ1v) is 12.1. The summed E-state index contributed by atoms with van der Waals surface area (Å²) in [6.07, 6.45) is 2.50. The van der Waals surface area contributed by atoms with E-state index < -0.39 is 0 Å². The summed E-state index contributed by atoms with van der Waals surface area (Å²) >= 11 is 1.43. The van der Waals surface area contributed by atoms with Crippen LogP contribution < -0.4 is 10.1 Å². The Morgan fingerprint density at radius 3 is 2.65 bits per heavy atom. The van der Waals surface area contributed by atoms with E-state index in [9.17, 15) is 9.59 Å². The molecule has 0 spiro atoms. The number of nitrogens with one attached hydrogen (secondary N) is 1. The summed E-state index contributed by atoms with van der Waals surface area (Å²) in [4.78, 5) is 38.3. The Balaban J connectivity index is 1.50. The van der Waals surface area contributed by atoms with Crippen molar-refractivity contribution >= 4 is 28.4 Å². The van der Waals surface area contributed by atoms with Crippen LogP contribution in [0.1, 0.15) is 28.8 Å². The number of carbonyl (C=O) groups is 2. The molecule has 1 N–H and O–H groups in total. The monoisotopic (exact) mass is 479 g/mol. The highest BCUT2D eigenvalue weighted by Crippen LogP contribution is 2.21. The molecule has 4 rings (SSSR count). The molecule has 3 heterocycles. The zero-order chi connectivity index (χ0) is 24.1. The van der Waals surface area contributed by atoms with Crippen LogP contribution in [-0.2, 0) is 24.2 Å². The lowest BCUT2D eigenvalue weighted by molar-refractivity contribution is -0.115. The van der Waals surface area contributed by atoms with Gasteiger partial charge >= 0.3 is 6.03 Å². The molecule has 1 aromatic carbocycles. The minimum absolute atomic E-state index is 0.0241. The van der Waals surface area contributed by atoms with Crippen LogP contribution in [0, 0.1) is 6.92 Å². The average Bonchev–Trinajstić information content (AvgIpc) is 3.33. The molecular formula is C25H29N5O3S. The van der Waals surface area contributed by atoms with Crippen LogP contribution in [0.15, 0.2) is 48.7 Å². The third-order valence-electron chi connectivity index (χ3n) is 5.47. The fraction of sp³-hybridized carbons (Fsp3) is 0.360. The van der Waals surface area contributed by atoms with Gasteiger partial charge in [-0.25, -0.2) is 9.78 Å². The number of aryl methyl sites for hydroxylation is 1. The highest BCUT2D eigenvalue weighted by Gasteiger charge is 2.26. The van der Waals surface area contributed by atoms with Gasteiger partial charge in [0.15, 0.2) is 5.13 Å². The topological polar surface area (TPSA) is 87.7 Å². The summed E-state index contributed by atoms with van der Waals surface area (Å²) in [5.41, 5.74) is 2.47. The molecule has 1 aliphatic rings. The quantitative estimate of drug-likeness (QED) is 0.503. The van der Waals surface area contributed by atoms with Gasteiger partial charge in [-0.05, 0) is 19.4 Å². The minimum Gasteiger partial charge on any atom is -0.490 e. The van der Waals surface area contributed by atoms with E-state index in [4.69, 9.17) is 4.74 Å². The Morgan fingerprint density at radius 1 is 1.21 bits per heavy atom. The van der Waals surface area contributed by atoms with Crippen molar-refractivity contribution in [2.45, 2.75) is 39.3 Å². The number of aromatic nitrogens is 2. The van der Waals surface area contributed by atoms with E-state index >= 15 is 0 Å². The molecule has 9 heteroatoms. The van der Waals surface area contributed by atoms with Crippen LogP contribution in [0.3, 0.4) is 0 Å². The zero-order valence-corrected chi connectivity index (χ0v) is 20.5. The number of anilines is 1. The predicted molar refractivity (Wildman–Crippen MR) is 132 cm³/mol. The number of nitrogens with zero attached hydrogens (tertiary/aromatic N) is 4. The summed E-state index contributed by atoms with van der Waals surface area (Å²) in [5.74, 6) is 0.445. The van der Waals surface area contributed by atoms with E-state index in [0.29, 0.717) is 41.9 Å². The van der Waals surface area contributed by atoms with Crippen molar-refractivity contribution in [2.24, 2.45) is 0 Å². The van der Waals surface area contributed by atoms with Gasteiger partial charge < -0.3 is 19.9 Å². The fourth-order valence-corrected chi connectivity index (χ4v) is 4.55. The van der Waals surface area contributed by atoms with Crippen molar-refractivity contribution in [1.82, 2.24) is 19.8 Å². The molecule has 1 atom stereocenters. The Labute approximate surface area is 203 Å². The van der Waals surface area contributed by atoms with E-state index in [1.807, 2.05) is 38.1 Å². The first-order valence-electron chi connectivity index (χ1n) is 11.3. The Morgan fingerprint density at radius 2 is 1.97 bits per heavy atom. The third-order valence-corrected chi connectivity index (χ3v) is 6.30. The van der Waals surface area contributed by atoms with Crippen molar-refractivity contribution < 1.29 is 14.3 Å². The van der Waals surface area contributed by atoms with Crippen LogP contribution in [-0.4, -0.2) is 57.9 Å². The fourth-order valence-electron chi connectivity index (χ4n) is 3.86. The number of rotatable bonds is 9. The molecule has 1 aliphatic heterocycles. The number of likely N-dealkylation sites (N-methyl/N-ethyl adjacent to an activating group) is 1. The molecule has 0 aliphatic carbocycles. The van der Waals surface area contributed by atoms with Crippen molar-refractivity contribution in [3.63, 3.8) is 0 Å². The third kappa shape index (κ3) is 6.32. The smallest absolute Gasteiger partial charge is 0.320 e. The average molecular weight is 480 g/mol. The van der Waals surface area contributed by atoms with Crippen LogP contribution in [0.25, 0.3) is 0 Å². The molecule has 0 bridgehead atoms. The van der Waals surface area contributed by atoms with Gasteiger partial charge in [-0.3, -0.25) is 9.78 Å². The number of hydrogen-bond donors (Lipinski definition) is 1. The molecule has 8 nitrogen and oxygen atoms in total. The van der Waals surface area contributed by atoms with Gasteiger partial charge in [0.2, 0.25) is 5.91 Å². The molecule has 0 unspecified atom stereocenters. The van der Waals surface area contributed by atoms with E-state index in [-0.39, 0.29) is 24.5 Å². The molecule has 2 aromatic heterocycles. The highest BCUT2D eigenvalue weighted by atomic mass is 32.1. The lowest BCUT2D eigenvalue weighted by Crippen LogP contribution is -2.29. The van der Waals surface area contributed by atoms with E-state index in [0.717, 1.165) is 11.3 Å². The van der Waals surface area contributed by atoms with Gasteiger partial charge in [0.05, 0.1) is 30.5 Å². The van der Waals surface area contributed by atoms with Gasteiger partial charge in [-0.2, -0.15) is 0 Å². The number of amides is 3. The predicted octanol–water partition coefficient (Wildman–Crippen LogP) is 3.91. The number of thiazole rings is 1. The molecule has 1 saturated heterocycles. The van der Waals surface area contributed by atoms with Crippen LogP contribution in [0.5, 0.6) is 5.75 Å². The highest BCUT2D eigenvalue weighted by molar-refractivity contribution is 7.15. The first kappa shape index (κ1) is 23.7. The van der Waals surface area contributed by atoms with Gasteiger partial charge in [-0.1, -0.05) is 30.3 Å². The van der Waals surface area contributed by atoms with Crippen LogP contribution in [0.4, 0.5) is 9.93 Å². The molecule has 0 saturated carbocycles. The standard InChI is InChI=1S/C25H29N5O3S/c1-17(11-19-7-5-4-6-8-19)33-22-12-20(14-23(31)28-24-26-15-18(2)34-24)27-21(13-22)16-30-10-9-29(3)25(30)32/h4-8,12-13,15,17H,9-11,14,16H2,1-3H3,(H,26,28,31)/t17-/m0/s1. The largest absolute Gasteiger partial charge is 0.490 e. The molecule has 3 aromatic rings. The summed E-state index contributed by atoms with van der Waals surface area (Å²) in [6.45, 7) is 5.66. The number of ether oxygens (including phenoxy) is 1. The van der Waals surface area contributed by atoms with Gasteiger partial charge in [-0.15, -0.1) is 11.3 Å². The first-order chi connectivity index (χ1) is 16.4. The van der Waals surface area contributed by atoms with Gasteiger partial charge in [0.25, 0.3) is 0 Å². The van der Waals surface area contributed by atoms with Gasteiger partial charge in [0, 0.05) is 49.8 Å². The summed E-state index contributed by atoms with van der Waals surface area (Å²) in [7, 11) is 1.79. The number of hydrogen-bond acceptors (Lipinski definition) is 6. The maximum atomic E-state index is 12.6. The lowest BCUT2D eigenvalue weighted by atomic mass is 10.1. The molecule has 0 radical (unpaired) electrons. The van der Waals surface area contributed by atoms with Crippen molar-refractivity contribution in [3.8, 4) is 5.75 Å². The molecule has 3 amide bonds. The Kier molecular flexibility index (Phi) is 7.42. The Bertz CT molecular complexity index is 1150. The van der Waals surface area contributed by atoms with E-state index in [1.54, 1.807) is 29.1 Å². The van der Waals surface area contributed by atoms with Crippen molar-refractivity contribution in [2.75, 3.05) is 25.5 Å². The number of benzene rings is 1. The van der Waals surface area contributed by atoms with Crippen LogP contribution in [0.2, 0.25) is 0 Å². The molecule has 34 heavy (non-hydrogen) atoms. The normalized spacial score (nSPS) is 14.4. The van der Waals surface area contributed by atoms with Crippen molar-refractivity contribution in [3.05, 3.63) is 70.5 Å². The Hall–Kier alpha value is -3.46. The lowest BCUT2D eigenvalue weighted by Gasteiger charge is -2.19. The summed E-state index contributed by atoms with van der Waals surface area (Å²) in [6, 6.07) is 13.8. The van der Waals surface area contributed by atoms with Crippen LogP contribution >= 0.6 is 11.3 Å².